The van der Waals surface area contributed by atoms with Gasteiger partial charge in [0.1, 0.15) is 0 Å². The molecule has 0 atom stereocenters. The zero-order valence-corrected chi connectivity index (χ0v) is 13.5. The van der Waals surface area contributed by atoms with Crippen LogP contribution in [0.1, 0.15) is 0 Å². The van der Waals surface area contributed by atoms with Crippen LogP contribution in [0, 0.1) is 0 Å². The molecular formula is C22H16N2O. The van der Waals surface area contributed by atoms with Gasteiger partial charge in [-0.1, -0.05) is 72.8 Å². The molecule has 25 heavy (non-hydrogen) atoms. The zero-order chi connectivity index (χ0) is 16.9. The van der Waals surface area contributed by atoms with Crippen LogP contribution in [0.3, 0.4) is 0 Å². The quantitative estimate of drug-likeness (QED) is 0.490. The van der Waals surface area contributed by atoms with Gasteiger partial charge in [-0.05, 0) is 12.1 Å². The van der Waals surface area contributed by atoms with E-state index in [9.17, 15) is 0 Å². The van der Waals surface area contributed by atoms with Crippen LogP contribution in [-0.4, -0.2) is 9.97 Å². The number of benzene rings is 2. The molecule has 0 amide bonds. The van der Waals surface area contributed by atoms with Crippen molar-refractivity contribution < 1.29 is 4.74 Å². The van der Waals surface area contributed by atoms with Crippen LogP contribution in [0.2, 0.25) is 0 Å². The van der Waals surface area contributed by atoms with E-state index in [0.717, 1.165) is 22.5 Å². The number of hydrogen-bond donors (Lipinski definition) is 0. The molecule has 0 aliphatic heterocycles. The predicted octanol–water partition coefficient (Wildman–Crippen LogP) is 5.60. The molecule has 2 heterocycles. The Hall–Kier alpha value is -3.46. The van der Waals surface area contributed by atoms with Gasteiger partial charge in [-0.25, -0.2) is 9.97 Å². The highest BCUT2D eigenvalue weighted by molar-refractivity contribution is 5.60. The maximum Gasteiger partial charge on any atom is 0.221 e. The van der Waals surface area contributed by atoms with Crippen molar-refractivity contribution in [3.63, 3.8) is 0 Å². The average Bonchev–Trinajstić information content (AvgIpc) is 2.70. The number of rotatable bonds is 4. The van der Waals surface area contributed by atoms with Crippen molar-refractivity contribution in [1.82, 2.24) is 9.97 Å². The minimum absolute atomic E-state index is 0.527. The summed E-state index contributed by atoms with van der Waals surface area (Å²) >= 11 is 0. The smallest absolute Gasteiger partial charge is 0.221 e. The van der Waals surface area contributed by atoms with Gasteiger partial charge in [-0.3, -0.25) is 0 Å². The molecule has 0 bridgehead atoms. The molecule has 0 aliphatic rings. The van der Waals surface area contributed by atoms with Crippen LogP contribution in [0.15, 0.2) is 97.1 Å². The first-order valence-corrected chi connectivity index (χ1v) is 8.11. The Morgan fingerprint density at radius 3 is 1.32 bits per heavy atom. The van der Waals surface area contributed by atoms with Gasteiger partial charge in [0.05, 0.1) is 11.4 Å². The molecule has 0 saturated carbocycles. The molecule has 4 rings (SSSR count). The van der Waals surface area contributed by atoms with Crippen molar-refractivity contribution in [3.05, 3.63) is 97.1 Å². The largest absolute Gasteiger partial charge is 0.421 e. The van der Waals surface area contributed by atoms with Gasteiger partial charge >= 0.3 is 0 Å². The molecule has 0 spiro atoms. The van der Waals surface area contributed by atoms with Crippen LogP contribution < -0.4 is 4.74 Å². The van der Waals surface area contributed by atoms with Gasteiger partial charge in [0.15, 0.2) is 0 Å². The summed E-state index contributed by atoms with van der Waals surface area (Å²) in [5.74, 6) is 1.05. The van der Waals surface area contributed by atoms with Crippen molar-refractivity contribution in [2.45, 2.75) is 0 Å². The number of nitrogens with zero attached hydrogens (tertiary/aromatic N) is 2. The number of ether oxygens (including phenoxy) is 1. The Morgan fingerprint density at radius 2 is 0.880 bits per heavy atom. The molecule has 0 radical (unpaired) electrons. The van der Waals surface area contributed by atoms with E-state index in [2.05, 4.69) is 9.97 Å². The van der Waals surface area contributed by atoms with E-state index in [0.29, 0.717) is 11.8 Å². The molecule has 0 N–H and O–H groups in total. The van der Waals surface area contributed by atoms with Crippen molar-refractivity contribution in [2.75, 3.05) is 0 Å². The lowest BCUT2D eigenvalue weighted by Gasteiger charge is -2.08. The van der Waals surface area contributed by atoms with E-state index in [1.54, 1.807) is 0 Å². The highest BCUT2D eigenvalue weighted by atomic mass is 16.5. The van der Waals surface area contributed by atoms with Crippen LogP contribution in [-0.2, 0) is 0 Å². The molecule has 0 saturated heterocycles. The second-order valence-corrected chi connectivity index (χ2v) is 5.56. The van der Waals surface area contributed by atoms with Crippen LogP contribution in [0.25, 0.3) is 22.5 Å². The summed E-state index contributed by atoms with van der Waals surface area (Å²) in [6.45, 7) is 0. The fourth-order valence-electron chi connectivity index (χ4n) is 2.59. The summed E-state index contributed by atoms with van der Waals surface area (Å²) in [6.07, 6.45) is 0. The number of hydrogen-bond acceptors (Lipinski definition) is 3. The fraction of sp³-hybridized carbons (Fsp3) is 0. The Bertz CT molecular complexity index is 888. The molecule has 0 fully saturated rings. The molecule has 0 unspecified atom stereocenters. The van der Waals surface area contributed by atoms with Gasteiger partial charge in [0.25, 0.3) is 0 Å². The van der Waals surface area contributed by atoms with Crippen molar-refractivity contribution >= 4 is 0 Å². The molecule has 0 aliphatic carbocycles. The Morgan fingerprint density at radius 1 is 0.440 bits per heavy atom. The van der Waals surface area contributed by atoms with Crippen molar-refractivity contribution in [2.24, 2.45) is 0 Å². The minimum atomic E-state index is 0.527. The molecule has 2 aromatic heterocycles. The van der Waals surface area contributed by atoms with Crippen molar-refractivity contribution in [3.8, 4) is 34.3 Å². The molecule has 4 aromatic rings. The normalized spacial score (nSPS) is 10.4. The topological polar surface area (TPSA) is 35.0 Å². The highest BCUT2D eigenvalue weighted by Crippen LogP contribution is 2.24. The summed E-state index contributed by atoms with van der Waals surface area (Å²) in [5.41, 5.74) is 3.85. The minimum Gasteiger partial charge on any atom is -0.421 e. The zero-order valence-electron chi connectivity index (χ0n) is 13.5. The Balaban J connectivity index is 1.61. The van der Waals surface area contributed by atoms with Crippen molar-refractivity contribution in [1.29, 1.82) is 0 Å². The summed E-state index contributed by atoms with van der Waals surface area (Å²) in [6, 6.07) is 31.6. The monoisotopic (exact) mass is 324 g/mol. The fourth-order valence-corrected chi connectivity index (χ4v) is 2.59. The lowest BCUT2D eigenvalue weighted by Crippen LogP contribution is -1.93. The van der Waals surface area contributed by atoms with Gasteiger partial charge in [0, 0.05) is 23.3 Å². The third-order valence-electron chi connectivity index (χ3n) is 3.80. The first-order valence-electron chi connectivity index (χ1n) is 8.11. The average molecular weight is 324 g/mol. The maximum atomic E-state index is 5.88. The second kappa shape index (κ2) is 6.97. The first-order chi connectivity index (χ1) is 12.4. The number of aromatic nitrogens is 2. The number of pyridine rings is 2. The van der Waals surface area contributed by atoms with E-state index in [-0.39, 0.29) is 0 Å². The second-order valence-electron chi connectivity index (χ2n) is 5.56. The van der Waals surface area contributed by atoms with Gasteiger partial charge in [-0.15, -0.1) is 0 Å². The Kier molecular flexibility index (Phi) is 4.21. The predicted molar refractivity (Wildman–Crippen MR) is 99.4 cm³/mol. The van der Waals surface area contributed by atoms with E-state index >= 15 is 0 Å². The van der Waals surface area contributed by atoms with Gasteiger partial charge < -0.3 is 4.74 Å². The van der Waals surface area contributed by atoms with Crippen LogP contribution in [0.5, 0.6) is 11.8 Å². The molecule has 120 valence electrons. The summed E-state index contributed by atoms with van der Waals surface area (Å²) < 4.78 is 5.88. The van der Waals surface area contributed by atoms with Crippen LogP contribution >= 0.6 is 0 Å². The molecular weight excluding hydrogens is 308 g/mol. The lowest BCUT2D eigenvalue weighted by molar-refractivity contribution is 0.446. The molecule has 3 heteroatoms. The van der Waals surface area contributed by atoms with Gasteiger partial charge in [0.2, 0.25) is 11.8 Å². The first kappa shape index (κ1) is 15.1. The third-order valence-corrected chi connectivity index (χ3v) is 3.80. The Labute approximate surface area is 146 Å². The highest BCUT2D eigenvalue weighted by Gasteiger charge is 2.05. The van der Waals surface area contributed by atoms with E-state index in [1.807, 2.05) is 97.1 Å². The van der Waals surface area contributed by atoms with Gasteiger partial charge in [-0.2, -0.15) is 0 Å². The summed E-state index contributed by atoms with van der Waals surface area (Å²) in [4.78, 5) is 9.16. The van der Waals surface area contributed by atoms with E-state index in [1.165, 1.54) is 0 Å². The standard InChI is InChI=1S/C22H16N2O/c1-3-9-17(10-4-1)19-13-7-15-21(23-19)25-22-16-8-14-20(24-22)18-11-5-2-6-12-18/h1-16H. The third kappa shape index (κ3) is 3.56. The summed E-state index contributed by atoms with van der Waals surface area (Å²) in [5, 5.41) is 0. The SMILES string of the molecule is c1ccc(-c2cccc(Oc3cccc(-c4ccccc4)n3)n2)cc1. The van der Waals surface area contributed by atoms with Crippen LogP contribution in [0.4, 0.5) is 0 Å². The maximum absolute atomic E-state index is 5.88. The van der Waals surface area contributed by atoms with E-state index < -0.39 is 0 Å². The molecule has 3 nitrogen and oxygen atoms in total. The lowest BCUT2D eigenvalue weighted by atomic mass is 10.1. The summed E-state index contributed by atoms with van der Waals surface area (Å²) in [7, 11) is 0. The molecule has 2 aromatic carbocycles. The van der Waals surface area contributed by atoms with E-state index in [4.69, 9.17) is 4.74 Å².